The summed E-state index contributed by atoms with van der Waals surface area (Å²) in [6.07, 6.45) is 1.41. The summed E-state index contributed by atoms with van der Waals surface area (Å²) in [4.78, 5) is 30.0. The second kappa shape index (κ2) is 11.1. The molecule has 0 unspecified atom stereocenters. The molecule has 0 radical (unpaired) electrons. The number of aromatic nitrogens is 2. The summed E-state index contributed by atoms with van der Waals surface area (Å²) in [6, 6.07) is 10.7. The molecule has 0 aliphatic heterocycles. The highest BCUT2D eigenvalue weighted by molar-refractivity contribution is 5.94. The summed E-state index contributed by atoms with van der Waals surface area (Å²) >= 11 is 0. The van der Waals surface area contributed by atoms with Crippen molar-refractivity contribution in [3.05, 3.63) is 76.0 Å². The van der Waals surface area contributed by atoms with Gasteiger partial charge in [-0.25, -0.2) is 9.37 Å². The van der Waals surface area contributed by atoms with Crippen LogP contribution < -0.4 is 27.7 Å². The molecule has 1 amide bonds. The largest absolute Gasteiger partial charge is 0.399 e. The van der Waals surface area contributed by atoms with E-state index in [1.807, 2.05) is 13.8 Å². The first-order chi connectivity index (χ1) is 15.6. The number of hydrogen-bond acceptors (Lipinski definition) is 6. The molecule has 3 rings (SSSR count). The molecule has 180 valence electrons. The van der Waals surface area contributed by atoms with E-state index in [-0.39, 0.29) is 49.6 Å². The Labute approximate surface area is 197 Å². The van der Waals surface area contributed by atoms with Gasteiger partial charge in [0.1, 0.15) is 18.2 Å². The SMILES string of the molecule is C.CC(C)Nc1ncc(-c2cc(N)cc(F)c2)n(CC(=O)NCc2ccc(C(=N)N)cc2)c1=O. The third-order valence-corrected chi connectivity index (χ3v) is 4.75. The van der Waals surface area contributed by atoms with E-state index in [0.717, 1.165) is 11.6 Å². The molecule has 3 aromatic rings. The molecule has 7 N–H and O–H groups in total. The maximum absolute atomic E-state index is 13.9. The molecule has 1 aromatic heterocycles. The Morgan fingerprint density at radius 1 is 1.21 bits per heavy atom. The molecule has 0 aliphatic carbocycles. The Hall–Kier alpha value is -4.21. The van der Waals surface area contributed by atoms with Crippen molar-refractivity contribution in [3.8, 4) is 11.3 Å². The maximum Gasteiger partial charge on any atom is 0.294 e. The zero-order valence-corrected chi connectivity index (χ0v) is 18.4. The van der Waals surface area contributed by atoms with Crippen LogP contribution in [0.5, 0.6) is 0 Å². The number of nitrogens with two attached hydrogens (primary N) is 2. The molecule has 34 heavy (non-hydrogen) atoms. The highest BCUT2D eigenvalue weighted by Gasteiger charge is 2.16. The maximum atomic E-state index is 13.9. The fraction of sp³-hybridized carbons (Fsp3) is 0.250. The van der Waals surface area contributed by atoms with Crippen LogP contribution in [0, 0.1) is 11.2 Å². The quantitative estimate of drug-likeness (QED) is 0.195. The standard InChI is InChI=1S/C23H26FN7O2.CH4/c1-13(2)30-22-23(33)31(19(11-29-22)16-7-17(24)9-18(25)8-16)12-20(32)28-10-14-3-5-15(6-4-14)21(26)27;/h3-9,11,13H,10,12,25H2,1-2H3,(H3,26,27)(H,28,32)(H,29,30);1H4. The monoisotopic (exact) mass is 467 g/mol. The van der Waals surface area contributed by atoms with Gasteiger partial charge in [0.05, 0.1) is 11.9 Å². The number of nitrogens with zero attached hydrogens (tertiary/aromatic N) is 2. The van der Waals surface area contributed by atoms with Gasteiger partial charge in [0, 0.05) is 29.4 Å². The van der Waals surface area contributed by atoms with Gasteiger partial charge in [-0.2, -0.15) is 0 Å². The van der Waals surface area contributed by atoms with Crippen LogP contribution in [0.25, 0.3) is 11.3 Å². The van der Waals surface area contributed by atoms with Crippen molar-refractivity contribution in [3.63, 3.8) is 0 Å². The van der Waals surface area contributed by atoms with Gasteiger partial charge in [0.15, 0.2) is 5.82 Å². The molecule has 2 aromatic carbocycles. The van der Waals surface area contributed by atoms with Crippen LogP contribution in [0.15, 0.2) is 53.5 Å². The number of nitrogens with one attached hydrogen (secondary N) is 3. The van der Waals surface area contributed by atoms with Crippen molar-refractivity contribution >= 4 is 23.2 Å². The van der Waals surface area contributed by atoms with Gasteiger partial charge in [0.2, 0.25) is 5.91 Å². The van der Waals surface area contributed by atoms with E-state index >= 15 is 0 Å². The van der Waals surface area contributed by atoms with Gasteiger partial charge >= 0.3 is 0 Å². The Morgan fingerprint density at radius 2 is 1.88 bits per heavy atom. The van der Waals surface area contributed by atoms with E-state index in [4.69, 9.17) is 16.9 Å². The van der Waals surface area contributed by atoms with Crippen molar-refractivity contribution in [1.82, 2.24) is 14.9 Å². The Morgan fingerprint density at radius 3 is 2.47 bits per heavy atom. The molecule has 0 spiro atoms. The molecule has 10 heteroatoms. The van der Waals surface area contributed by atoms with Crippen molar-refractivity contribution in [2.45, 2.75) is 40.4 Å². The molecule has 0 saturated carbocycles. The van der Waals surface area contributed by atoms with Gasteiger partial charge in [-0.05, 0) is 37.6 Å². The number of anilines is 2. The molecule has 0 bridgehead atoms. The molecule has 0 saturated heterocycles. The Balaban J connectivity index is 0.00000408. The highest BCUT2D eigenvalue weighted by atomic mass is 19.1. The first kappa shape index (κ1) is 26.0. The molecule has 0 fully saturated rings. The van der Waals surface area contributed by atoms with Crippen LogP contribution in [-0.4, -0.2) is 27.3 Å². The normalized spacial score (nSPS) is 10.5. The summed E-state index contributed by atoms with van der Waals surface area (Å²) < 4.78 is 15.2. The smallest absolute Gasteiger partial charge is 0.294 e. The number of rotatable bonds is 8. The lowest BCUT2D eigenvalue weighted by Crippen LogP contribution is -2.35. The van der Waals surface area contributed by atoms with Gasteiger partial charge in [0.25, 0.3) is 5.56 Å². The van der Waals surface area contributed by atoms with Crippen molar-refractivity contribution in [1.29, 1.82) is 5.41 Å². The van der Waals surface area contributed by atoms with Crippen LogP contribution in [0.3, 0.4) is 0 Å². The molecule has 9 nitrogen and oxygen atoms in total. The topological polar surface area (TPSA) is 152 Å². The van der Waals surface area contributed by atoms with Gasteiger partial charge < -0.3 is 22.1 Å². The van der Waals surface area contributed by atoms with Crippen LogP contribution in [0.1, 0.15) is 32.4 Å². The number of amides is 1. The number of benzene rings is 2. The Bertz CT molecular complexity index is 1220. The van der Waals surface area contributed by atoms with Crippen molar-refractivity contribution < 1.29 is 9.18 Å². The predicted molar refractivity (Wildman–Crippen MR) is 133 cm³/mol. The van der Waals surface area contributed by atoms with E-state index in [1.165, 1.54) is 22.9 Å². The van der Waals surface area contributed by atoms with E-state index in [0.29, 0.717) is 11.1 Å². The number of carbonyl (C=O) groups excluding carboxylic acids is 1. The number of amidine groups is 1. The predicted octanol–water partition coefficient (Wildman–Crippen LogP) is 2.69. The lowest BCUT2D eigenvalue weighted by molar-refractivity contribution is -0.121. The summed E-state index contributed by atoms with van der Waals surface area (Å²) in [6.45, 7) is 3.63. The molecular weight excluding hydrogens is 437 g/mol. The lowest BCUT2D eigenvalue weighted by Gasteiger charge is -2.16. The van der Waals surface area contributed by atoms with Gasteiger partial charge in [-0.15, -0.1) is 0 Å². The minimum Gasteiger partial charge on any atom is -0.399 e. The van der Waals surface area contributed by atoms with Gasteiger partial charge in [-0.3, -0.25) is 19.6 Å². The van der Waals surface area contributed by atoms with E-state index < -0.39 is 17.3 Å². The van der Waals surface area contributed by atoms with Crippen molar-refractivity contribution in [2.75, 3.05) is 11.1 Å². The second-order valence-electron chi connectivity index (χ2n) is 7.84. The molecule has 1 heterocycles. The number of hydrogen-bond donors (Lipinski definition) is 5. The summed E-state index contributed by atoms with van der Waals surface area (Å²) in [5.74, 6) is -0.934. The van der Waals surface area contributed by atoms with Gasteiger partial charge in [-0.1, -0.05) is 31.7 Å². The van der Waals surface area contributed by atoms with E-state index in [9.17, 15) is 14.0 Å². The molecule has 0 atom stereocenters. The summed E-state index contributed by atoms with van der Waals surface area (Å²) in [5, 5.41) is 13.2. The number of nitrogen functional groups attached to an aromatic ring is 2. The summed E-state index contributed by atoms with van der Waals surface area (Å²) in [7, 11) is 0. The van der Waals surface area contributed by atoms with Crippen molar-refractivity contribution in [2.24, 2.45) is 5.73 Å². The molecular formula is C24H30FN7O2. The first-order valence-electron chi connectivity index (χ1n) is 10.3. The third kappa shape index (κ3) is 6.41. The highest BCUT2D eigenvalue weighted by Crippen LogP contribution is 2.22. The zero-order chi connectivity index (χ0) is 24.1. The number of halogens is 1. The minimum absolute atomic E-state index is 0. The van der Waals surface area contributed by atoms with E-state index in [2.05, 4.69) is 15.6 Å². The average Bonchev–Trinajstić information content (AvgIpc) is 2.74. The Kier molecular flexibility index (Phi) is 8.49. The summed E-state index contributed by atoms with van der Waals surface area (Å²) in [5.41, 5.74) is 12.9. The van der Waals surface area contributed by atoms with Crippen LogP contribution in [-0.2, 0) is 17.9 Å². The van der Waals surface area contributed by atoms with Crippen LogP contribution >= 0.6 is 0 Å². The third-order valence-electron chi connectivity index (χ3n) is 4.75. The molecule has 0 aliphatic rings. The fourth-order valence-electron chi connectivity index (χ4n) is 3.21. The zero-order valence-electron chi connectivity index (χ0n) is 18.4. The second-order valence-corrected chi connectivity index (χ2v) is 7.84. The minimum atomic E-state index is -0.563. The fourth-order valence-corrected chi connectivity index (χ4v) is 3.21. The number of carbonyl (C=O) groups is 1. The van der Waals surface area contributed by atoms with Crippen LogP contribution in [0.2, 0.25) is 0 Å². The average molecular weight is 468 g/mol. The first-order valence-corrected chi connectivity index (χ1v) is 10.3. The van der Waals surface area contributed by atoms with E-state index in [1.54, 1.807) is 24.3 Å². The lowest BCUT2D eigenvalue weighted by atomic mass is 10.1. The van der Waals surface area contributed by atoms with Crippen LogP contribution in [0.4, 0.5) is 15.9 Å².